The van der Waals surface area contributed by atoms with Gasteiger partial charge in [0.15, 0.2) is 6.29 Å². The van der Waals surface area contributed by atoms with Gasteiger partial charge < -0.3 is 35.0 Å². The van der Waals surface area contributed by atoms with Crippen LogP contribution in [0, 0.1) is 45.3 Å². The van der Waals surface area contributed by atoms with Crippen LogP contribution in [0.2, 0.25) is 0 Å². The van der Waals surface area contributed by atoms with Crippen LogP contribution < -0.4 is 0 Å². The summed E-state index contributed by atoms with van der Waals surface area (Å²) < 4.78 is 12.2. The molecule has 5 rings (SSSR count). The van der Waals surface area contributed by atoms with Gasteiger partial charge in [-0.3, -0.25) is 0 Å². The number of hydrogen-bond donors (Lipinski definition) is 5. The van der Waals surface area contributed by atoms with Gasteiger partial charge >= 0.3 is 0 Å². The number of hydrogen-bond acceptors (Lipinski definition) is 7. The van der Waals surface area contributed by atoms with Crippen molar-refractivity contribution >= 4 is 0 Å². The first-order chi connectivity index (χ1) is 20.0. The van der Waals surface area contributed by atoms with E-state index in [4.69, 9.17) is 9.47 Å². The van der Waals surface area contributed by atoms with Crippen LogP contribution in [0.4, 0.5) is 0 Å². The molecule has 5 fully saturated rings. The Morgan fingerprint density at radius 1 is 0.814 bits per heavy atom. The van der Waals surface area contributed by atoms with E-state index in [0.29, 0.717) is 17.8 Å². The van der Waals surface area contributed by atoms with E-state index in [-0.39, 0.29) is 39.8 Å². The number of ether oxygens (including phenoxy) is 2. The van der Waals surface area contributed by atoms with Crippen LogP contribution in [0.3, 0.4) is 0 Å². The van der Waals surface area contributed by atoms with Gasteiger partial charge in [-0.1, -0.05) is 57.9 Å². The topological polar surface area (TPSA) is 120 Å². The van der Waals surface area contributed by atoms with Crippen LogP contribution in [0.1, 0.15) is 107 Å². The highest BCUT2D eigenvalue weighted by atomic mass is 16.7. The normalized spacial score (nSPS) is 51.3. The second-order valence-electron chi connectivity index (χ2n) is 16.6. The van der Waals surface area contributed by atoms with Gasteiger partial charge in [-0.25, -0.2) is 0 Å². The molecular formula is C36H60O7. The highest BCUT2D eigenvalue weighted by Gasteiger charge is 2.70. The van der Waals surface area contributed by atoms with Crippen molar-refractivity contribution in [3.63, 3.8) is 0 Å². The predicted octanol–water partition coefficient (Wildman–Crippen LogP) is 5.13. The summed E-state index contributed by atoms with van der Waals surface area (Å²) in [5.74, 6) is 1.48. The van der Waals surface area contributed by atoms with Crippen molar-refractivity contribution in [3.05, 3.63) is 23.3 Å². The Kier molecular flexibility index (Phi) is 9.19. The third kappa shape index (κ3) is 5.21. The summed E-state index contributed by atoms with van der Waals surface area (Å²) in [6, 6.07) is 0. The molecule has 0 radical (unpaired) electrons. The fraction of sp³-hybridized carbons (Fsp3) is 0.889. The largest absolute Gasteiger partial charge is 0.394 e. The maximum atomic E-state index is 12.0. The lowest BCUT2D eigenvalue weighted by molar-refractivity contribution is -0.331. The molecular weight excluding hydrogens is 544 g/mol. The molecule has 0 spiro atoms. The van der Waals surface area contributed by atoms with Gasteiger partial charge in [0.2, 0.25) is 0 Å². The average molecular weight is 605 g/mol. The molecule has 7 heteroatoms. The minimum atomic E-state index is -1.44. The van der Waals surface area contributed by atoms with E-state index in [1.165, 1.54) is 11.1 Å². The second-order valence-corrected chi connectivity index (χ2v) is 16.6. The van der Waals surface area contributed by atoms with Crippen molar-refractivity contribution in [3.8, 4) is 0 Å². The van der Waals surface area contributed by atoms with Crippen LogP contribution >= 0.6 is 0 Å². The van der Waals surface area contributed by atoms with Crippen LogP contribution in [-0.4, -0.2) is 75.1 Å². The summed E-state index contributed by atoms with van der Waals surface area (Å²) in [6.07, 6.45) is 5.90. The van der Waals surface area contributed by atoms with Crippen molar-refractivity contribution in [1.29, 1.82) is 0 Å². The van der Waals surface area contributed by atoms with Crippen LogP contribution in [0.15, 0.2) is 23.3 Å². The first kappa shape index (κ1) is 33.6. The van der Waals surface area contributed by atoms with E-state index < -0.39 is 37.3 Å². The molecule has 5 N–H and O–H groups in total. The third-order valence-corrected chi connectivity index (χ3v) is 14.0. The second kappa shape index (κ2) is 11.8. The molecule has 0 amide bonds. The van der Waals surface area contributed by atoms with Crippen molar-refractivity contribution in [2.75, 3.05) is 6.61 Å². The molecule has 1 aliphatic heterocycles. The van der Waals surface area contributed by atoms with Gasteiger partial charge in [0.05, 0.1) is 18.8 Å². The van der Waals surface area contributed by atoms with Crippen LogP contribution in [-0.2, 0) is 9.47 Å². The molecule has 0 aromatic heterocycles. The van der Waals surface area contributed by atoms with Crippen molar-refractivity contribution in [1.82, 2.24) is 0 Å². The number of rotatable bonds is 6. The molecule has 0 aromatic carbocycles. The molecule has 14 atom stereocenters. The molecule has 1 saturated heterocycles. The number of fused-ring (bicyclic) bond motifs is 5. The fourth-order valence-corrected chi connectivity index (χ4v) is 11.5. The maximum absolute atomic E-state index is 12.0. The van der Waals surface area contributed by atoms with E-state index >= 15 is 0 Å². The predicted molar refractivity (Wildman–Crippen MR) is 167 cm³/mol. The van der Waals surface area contributed by atoms with Crippen LogP contribution in [0.5, 0.6) is 0 Å². The van der Waals surface area contributed by atoms with Gasteiger partial charge in [-0.05, 0) is 117 Å². The van der Waals surface area contributed by atoms with Crippen molar-refractivity contribution in [2.24, 2.45) is 45.3 Å². The third-order valence-electron chi connectivity index (χ3n) is 14.0. The highest BCUT2D eigenvalue weighted by molar-refractivity contribution is 5.23. The Balaban J connectivity index is 1.38. The minimum absolute atomic E-state index is 0.0348. The maximum Gasteiger partial charge on any atom is 0.186 e. The Labute approximate surface area is 259 Å². The molecule has 0 aromatic rings. The molecule has 0 bridgehead atoms. The van der Waals surface area contributed by atoms with E-state index in [0.717, 1.165) is 51.4 Å². The quantitative estimate of drug-likeness (QED) is 0.211. The molecule has 4 saturated carbocycles. The molecule has 246 valence electrons. The van der Waals surface area contributed by atoms with Gasteiger partial charge in [0, 0.05) is 0 Å². The molecule has 1 unspecified atom stereocenters. The van der Waals surface area contributed by atoms with E-state index in [2.05, 4.69) is 67.5 Å². The summed E-state index contributed by atoms with van der Waals surface area (Å²) in [7, 11) is 0. The molecule has 7 nitrogen and oxygen atoms in total. The first-order valence-electron chi connectivity index (χ1n) is 17.0. The molecule has 43 heavy (non-hydrogen) atoms. The summed E-state index contributed by atoms with van der Waals surface area (Å²) in [5.41, 5.74) is 2.80. The zero-order valence-corrected chi connectivity index (χ0v) is 27.9. The SMILES string of the molecule is CC(C)=CC/C=C(\C)[C@H]1CC[C@]2(C)[C@@H]1[C@H](O)C[C@@H]1[C@@]3(C)CC[C@H](OC4O[C@H](CO)[C@@H](O)[C@H](O)[C@H]4O)C(C)(C)[C@@H]3CC[C@]12C. The number of allylic oxidation sites excluding steroid dienone is 4. The smallest absolute Gasteiger partial charge is 0.186 e. The standard InChI is InChI=1S/C36H60O7/c1-20(2)10-9-11-21(3)22-12-16-36(8)28(22)23(38)18-26-34(6)15-14-27(33(4,5)25(34)13-17-35(26,36)7)43-32-31(41)30(40)29(39)24(19-37)42-32/h10-11,22-32,37-41H,9,12-19H2,1-8H3/b21-11+/t22-,23-,24-,25+,26-,27+,28+,29-,30+,31-,32?,34+,35-,36-/m1/s1. The summed E-state index contributed by atoms with van der Waals surface area (Å²) in [6.45, 7) is 18.2. The van der Waals surface area contributed by atoms with E-state index in [1.54, 1.807) is 0 Å². The van der Waals surface area contributed by atoms with Gasteiger partial charge in [-0.15, -0.1) is 0 Å². The zero-order valence-electron chi connectivity index (χ0n) is 27.9. The summed E-state index contributed by atoms with van der Waals surface area (Å²) in [5, 5.41) is 52.9. The fourth-order valence-electron chi connectivity index (χ4n) is 11.5. The van der Waals surface area contributed by atoms with Crippen LogP contribution in [0.25, 0.3) is 0 Å². The van der Waals surface area contributed by atoms with E-state index in [1.807, 2.05) is 0 Å². The Morgan fingerprint density at radius 2 is 1.49 bits per heavy atom. The minimum Gasteiger partial charge on any atom is -0.394 e. The molecule has 1 heterocycles. The number of aliphatic hydroxyl groups excluding tert-OH is 5. The summed E-state index contributed by atoms with van der Waals surface area (Å²) in [4.78, 5) is 0. The first-order valence-corrected chi connectivity index (χ1v) is 17.0. The van der Waals surface area contributed by atoms with Gasteiger partial charge in [-0.2, -0.15) is 0 Å². The lowest BCUT2D eigenvalue weighted by atomic mass is 9.35. The average Bonchev–Trinajstić information content (AvgIpc) is 3.31. The van der Waals surface area contributed by atoms with Gasteiger partial charge in [0.1, 0.15) is 24.4 Å². The van der Waals surface area contributed by atoms with Gasteiger partial charge in [0.25, 0.3) is 0 Å². The Morgan fingerprint density at radius 3 is 2.14 bits per heavy atom. The number of aliphatic hydroxyl groups is 5. The zero-order chi connectivity index (χ0) is 31.7. The summed E-state index contributed by atoms with van der Waals surface area (Å²) >= 11 is 0. The lowest BCUT2D eigenvalue weighted by Gasteiger charge is -2.70. The molecule has 5 aliphatic rings. The van der Waals surface area contributed by atoms with Crippen molar-refractivity contribution in [2.45, 2.75) is 150 Å². The monoisotopic (exact) mass is 604 g/mol. The molecule has 4 aliphatic carbocycles. The van der Waals surface area contributed by atoms with Crippen molar-refractivity contribution < 1.29 is 35.0 Å². The van der Waals surface area contributed by atoms with E-state index in [9.17, 15) is 25.5 Å². The Hall–Kier alpha value is -0.800. The highest BCUT2D eigenvalue weighted by Crippen LogP contribution is 2.75. The Bertz CT molecular complexity index is 1080. The lowest BCUT2D eigenvalue weighted by Crippen LogP contribution is -2.67.